The molecule has 2 N–H and O–H groups in total. The Morgan fingerprint density at radius 1 is 1.50 bits per heavy atom. The van der Waals surface area contributed by atoms with Gasteiger partial charge in [-0.1, -0.05) is 11.8 Å². The molecule has 0 saturated carbocycles. The molecular formula is C10H14N4S2. The zero-order valence-electron chi connectivity index (χ0n) is 9.09. The molecule has 2 aromatic heterocycles. The van der Waals surface area contributed by atoms with Gasteiger partial charge in [0.2, 0.25) is 0 Å². The number of nitrogens with zero attached hydrogens (tertiary/aromatic N) is 3. The lowest BCUT2D eigenvalue weighted by molar-refractivity contribution is 0.643. The van der Waals surface area contributed by atoms with Gasteiger partial charge < -0.3 is 10.3 Å². The molecule has 86 valence electrons. The molecule has 0 spiro atoms. The van der Waals surface area contributed by atoms with Crippen LogP contribution in [0.3, 0.4) is 0 Å². The molecule has 0 fully saturated rings. The largest absolute Gasteiger partial charge is 0.324 e. The minimum absolute atomic E-state index is 0.444. The van der Waals surface area contributed by atoms with E-state index in [4.69, 9.17) is 5.73 Å². The van der Waals surface area contributed by atoms with Crippen LogP contribution < -0.4 is 5.73 Å². The molecule has 0 unspecified atom stereocenters. The van der Waals surface area contributed by atoms with Gasteiger partial charge >= 0.3 is 0 Å². The molecule has 0 aliphatic heterocycles. The van der Waals surface area contributed by atoms with Gasteiger partial charge in [0.05, 0.1) is 6.54 Å². The average Bonchev–Trinajstić information content (AvgIpc) is 2.94. The van der Waals surface area contributed by atoms with E-state index in [1.165, 1.54) is 5.56 Å². The number of thioether (sulfide) groups is 1. The topological polar surface area (TPSA) is 56.7 Å². The standard InChI is InChI=1S/C10H14N4S2/c1-2-14-9(5-11)12-13-10(14)16-7-8-3-4-15-6-8/h3-4,6H,2,5,7,11H2,1H3. The first-order valence-corrected chi connectivity index (χ1v) is 7.04. The van der Waals surface area contributed by atoms with Crippen LogP contribution >= 0.6 is 23.1 Å². The van der Waals surface area contributed by atoms with E-state index in [1.54, 1.807) is 23.1 Å². The van der Waals surface area contributed by atoms with Crippen molar-refractivity contribution in [3.05, 3.63) is 28.2 Å². The van der Waals surface area contributed by atoms with E-state index in [2.05, 4.69) is 38.5 Å². The number of hydrogen-bond donors (Lipinski definition) is 1. The van der Waals surface area contributed by atoms with Gasteiger partial charge in [0.1, 0.15) is 5.82 Å². The lowest BCUT2D eigenvalue weighted by Crippen LogP contribution is -2.07. The highest BCUT2D eigenvalue weighted by Crippen LogP contribution is 2.22. The fourth-order valence-corrected chi connectivity index (χ4v) is 3.16. The first-order chi connectivity index (χ1) is 7.85. The fourth-order valence-electron chi connectivity index (χ4n) is 1.42. The molecule has 0 saturated heterocycles. The Labute approximate surface area is 103 Å². The summed E-state index contributed by atoms with van der Waals surface area (Å²) in [5.74, 6) is 1.79. The fraction of sp³-hybridized carbons (Fsp3) is 0.400. The molecular weight excluding hydrogens is 240 g/mol. The Morgan fingerprint density at radius 3 is 3.00 bits per heavy atom. The smallest absolute Gasteiger partial charge is 0.191 e. The second-order valence-corrected chi connectivity index (χ2v) is 4.99. The van der Waals surface area contributed by atoms with Gasteiger partial charge in [-0.25, -0.2) is 0 Å². The van der Waals surface area contributed by atoms with Gasteiger partial charge in [0.15, 0.2) is 5.16 Å². The van der Waals surface area contributed by atoms with Crippen molar-refractivity contribution >= 4 is 23.1 Å². The van der Waals surface area contributed by atoms with E-state index in [0.717, 1.165) is 23.3 Å². The zero-order chi connectivity index (χ0) is 11.4. The Balaban J connectivity index is 2.06. The van der Waals surface area contributed by atoms with E-state index < -0.39 is 0 Å². The molecule has 6 heteroatoms. The zero-order valence-corrected chi connectivity index (χ0v) is 10.7. The first kappa shape index (κ1) is 11.6. The number of thiophene rings is 1. The summed E-state index contributed by atoms with van der Waals surface area (Å²) in [4.78, 5) is 0. The maximum absolute atomic E-state index is 5.60. The van der Waals surface area contributed by atoms with Crippen molar-refractivity contribution in [3.8, 4) is 0 Å². The maximum atomic E-state index is 5.60. The molecule has 4 nitrogen and oxygen atoms in total. The van der Waals surface area contributed by atoms with Crippen molar-refractivity contribution in [2.45, 2.75) is 30.9 Å². The predicted molar refractivity (Wildman–Crippen MR) is 67.5 cm³/mol. The maximum Gasteiger partial charge on any atom is 0.191 e. The summed E-state index contributed by atoms with van der Waals surface area (Å²) < 4.78 is 2.07. The van der Waals surface area contributed by atoms with Crippen molar-refractivity contribution in [1.82, 2.24) is 14.8 Å². The summed E-state index contributed by atoms with van der Waals surface area (Å²) in [6, 6.07) is 2.13. The molecule has 2 heterocycles. The van der Waals surface area contributed by atoms with Gasteiger partial charge in [-0.15, -0.1) is 10.2 Å². The molecule has 0 aromatic carbocycles. The summed E-state index contributed by atoms with van der Waals surface area (Å²) in [5, 5.41) is 13.4. The minimum Gasteiger partial charge on any atom is -0.324 e. The molecule has 16 heavy (non-hydrogen) atoms. The van der Waals surface area contributed by atoms with Crippen LogP contribution in [0.2, 0.25) is 0 Å². The highest BCUT2D eigenvalue weighted by molar-refractivity contribution is 7.98. The second kappa shape index (κ2) is 5.47. The SMILES string of the molecule is CCn1c(CN)nnc1SCc1ccsc1. The summed E-state index contributed by atoms with van der Waals surface area (Å²) in [6.07, 6.45) is 0. The van der Waals surface area contributed by atoms with E-state index in [1.807, 2.05) is 0 Å². The van der Waals surface area contributed by atoms with Crippen molar-refractivity contribution in [1.29, 1.82) is 0 Å². The lowest BCUT2D eigenvalue weighted by atomic mass is 10.4. The molecule has 0 amide bonds. The number of hydrogen-bond acceptors (Lipinski definition) is 5. The second-order valence-electron chi connectivity index (χ2n) is 3.27. The third-order valence-corrected chi connectivity index (χ3v) is 4.01. The van der Waals surface area contributed by atoms with Gasteiger partial charge in [0.25, 0.3) is 0 Å². The molecule has 2 aromatic rings. The van der Waals surface area contributed by atoms with Crippen molar-refractivity contribution < 1.29 is 0 Å². The highest BCUT2D eigenvalue weighted by Gasteiger charge is 2.09. The highest BCUT2D eigenvalue weighted by atomic mass is 32.2. The van der Waals surface area contributed by atoms with Crippen LogP contribution in [0, 0.1) is 0 Å². The van der Waals surface area contributed by atoms with Gasteiger partial charge in [-0.05, 0) is 29.3 Å². The van der Waals surface area contributed by atoms with Crippen LogP contribution in [0.25, 0.3) is 0 Å². The Bertz CT molecular complexity index is 436. The summed E-state index contributed by atoms with van der Waals surface area (Å²) in [7, 11) is 0. The van der Waals surface area contributed by atoms with Crippen LogP contribution in [0.15, 0.2) is 22.0 Å². The van der Waals surface area contributed by atoms with Crippen molar-refractivity contribution in [2.75, 3.05) is 0 Å². The summed E-state index contributed by atoms with van der Waals surface area (Å²) in [6.45, 7) is 3.39. The van der Waals surface area contributed by atoms with Crippen molar-refractivity contribution in [2.24, 2.45) is 5.73 Å². The third kappa shape index (κ3) is 2.45. The van der Waals surface area contributed by atoms with Crippen molar-refractivity contribution in [3.63, 3.8) is 0 Å². The van der Waals surface area contributed by atoms with Crippen LogP contribution in [0.4, 0.5) is 0 Å². The molecule has 0 radical (unpaired) electrons. The first-order valence-electron chi connectivity index (χ1n) is 5.11. The molecule has 0 bridgehead atoms. The minimum atomic E-state index is 0.444. The Morgan fingerprint density at radius 2 is 2.38 bits per heavy atom. The summed E-state index contributed by atoms with van der Waals surface area (Å²) in [5.41, 5.74) is 6.93. The van der Waals surface area contributed by atoms with Crippen LogP contribution in [0.5, 0.6) is 0 Å². The molecule has 0 atom stereocenters. The number of aromatic nitrogens is 3. The normalized spacial score (nSPS) is 10.9. The number of nitrogens with two attached hydrogens (primary N) is 1. The van der Waals surface area contributed by atoms with E-state index in [0.29, 0.717) is 6.54 Å². The van der Waals surface area contributed by atoms with Crippen LogP contribution in [-0.2, 0) is 18.8 Å². The monoisotopic (exact) mass is 254 g/mol. The molecule has 0 aliphatic carbocycles. The van der Waals surface area contributed by atoms with E-state index in [-0.39, 0.29) is 0 Å². The Kier molecular flexibility index (Phi) is 3.98. The predicted octanol–water partition coefficient (Wildman–Crippen LogP) is 2.11. The molecule has 2 rings (SSSR count). The quantitative estimate of drug-likeness (QED) is 0.830. The number of rotatable bonds is 5. The molecule has 0 aliphatic rings. The third-order valence-electron chi connectivity index (χ3n) is 2.24. The Hall–Kier alpha value is -0.850. The van der Waals surface area contributed by atoms with E-state index in [9.17, 15) is 0 Å². The van der Waals surface area contributed by atoms with Crippen LogP contribution in [0.1, 0.15) is 18.3 Å². The van der Waals surface area contributed by atoms with E-state index >= 15 is 0 Å². The summed E-state index contributed by atoms with van der Waals surface area (Å²) >= 11 is 3.42. The lowest BCUT2D eigenvalue weighted by Gasteiger charge is -2.04. The van der Waals surface area contributed by atoms with Gasteiger partial charge in [0, 0.05) is 12.3 Å². The van der Waals surface area contributed by atoms with Gasteiger partial charge in [-0.2, -0.15) is 11.3 Å². The average molecular weight is 254 g/mol. The van der Waals surface area contributed by atoms with Gasteiger partial charge in [-0.3, -0.25) is 0 Å². The van der Waals surface area contributed by atoms with Crippen LogP contribution in [-0.4, -0.2) is 14.8 Å².